The molecule has 0 spiro atoms. The highest BCUT2D eigenvalue weighted by Gasteiger charge is 2.22. The van der Waals surface area contributed by atoms with Gasteiger partial charge < -0.3 is 4.42 Å². The highest BCUT2D eigenvalue weighted by atomic mass is 35.5. The molecule has 122 valence electrons. The van der Waals surface area contributed by atoms with E-state index in [4.69, 9.17) is 16.0 Å². The molecule has 0 fully saturated rings. The van der Waals surface area contributed by atoms with E-state index in [0.717, 1.165) is 5.56 Å². The summed E-state index contributed by atoms with van der Waals surface area (Å²) in [6.07, 6.45) is 0.257. The van der Waals surface area contributed by atoms with E-state index in [-0.39, 0.29) is 23.3 Å². The number of carbonyl (C=O) groups excluding carboxylic acids is 2. The summed E-state index contributed by atoms with van der Waals surface area (Å²) in [6.45, 7) is 0. The second-order valence-corrected chi connectivity index (χ2v) is 5.41. The topological polar surface area (TPSA) is 88.9 Å². The maximum atomic E-state index is 12.9. The summed E-state index contributed by atoms with van der Waals surface area (Å²) >= 11 is 5.52. The fourth-order valence-electron chi connectivity index (χ4n) is 2.12. The molecule has 3 rings (SSSR count). The van der Waals surface area contributed by atoms with Crippen LogP contribution >= 0.6 is 11.6 Å². The standard InChI is InChI=1S/C16H11ClFN3O3/c17-16-19-15(20-21-16)14(23)13(22)8-12-6-5-11(24-12)7-9-1-3-10(18)4-2-9/h1-6H,7-8H2,(H,19,20,21). The Morgan fingerprint density at radius 2 is 1.83 bits per heavy atom. The molecule has 6 nitrogen and oxygen atoms in total. The Bertz CT molecular complexity index is 886. The lowest BCUT2D eigenvalue weighted by atomic mass is 10.1. The molecule has 0 amide bonds. The zero-order valence-electron chi connectivity index (χ0n) is 12.3. The number of H-pyrrole nitrogens is 1. The number of hydrogen-bond donors (Lipinski definition) is 1. The molecule has 0 atom stereocenters. The molecule has 0 saturated carbocycles. The van der Waals surface area contributed by atoms with Gasteiger partial charge in [-0.2, -0.15) is 4.98 Å². The summed E-state index contributed by atoms with van der Waals surface area (Å²) in [5.74, 6) is -1.16. The third kappa shape index (κ3) is 3.75. The van der Waals surface area contributed by atoms with Gasteiger partial charge in [0, 0.05) is 6.42 Å². The second kappa shape index (κ2) is 6.76. The van der Waals surface area contributed by atoms with Crippen molar-refractivity contribution in [2.24, 2.45) is 0 Å². The molecule has 0 aliphatic rings. The van der Waals surface area contributed by atoms with Gasteiger partial charge in [-0.05, 0) is 41.4 Å². The van der Waals surface area contributed by atoms with Gasteiger partial charge in [0.05, 0.1) is 6.42 Å². The second-order valence-electron chi connectivity index (χ2n) is 5.05. The number of nitrogens with one attached hydrogen (secondary N) is 1. The van der Waals surface area contributed by atoms with E-state index in [1.165, 1.54) is 12.1 Å². The fourth-order valence-corrected chi connectivity index (χ4v) is 2.24. The van der Waals surface area contributed by atoms with Crippen LogP contribution in [0.15, 0.2) is 40.8 Å². The summed E-state index contributed by atoms with van der Waals surface area (Å²) in [7, 11) is 0. The molecule has 0 radical (unpaired) electrons. The Morgan fingerprint density at radius 3 is 2.50 bits per heavy atom. The van der Waals surface area contributed by atoms with E-state index >= 15 is 0 Å². The van der Waals surface area contributed by atoms with E-state index in [1.807, 2.05) is 0 Å². The number of halogens is 2. The lowest BCUT2D eigenvalue weighted by molar-refractivity contribution is -0.114. The molecule has 0 aliphatic heterocycles. The molecule has 8 heteroatoms. The van der Waals surface area contributed by atoms with Gasteiger partial charge >= 0.3 is 0 Å². The normalized spacial score (nSPS) is 10.8. The number of Topliss-reactive ketones (excluding diaryl/α,β-unsaturated/α-hetero) is 2. The molecular formula is C16H11ClFN3O3. The summed E-state index contributed by atoms with van der Waals surface area (Å²) in [4.78, 5) is 27.4. The van der Waals surface area contributed by atoms with E-state index in [9.17, 15) is 14.0 Å². The van der Waals surface area contributed by atoms with Crippen LogP contribution in [0.3, 0.4) is 0 Å². The highest BCUT2D eigenvalue weighted by Crippen LogP contribution is 2.15. The zero-order chi connectivity index (χ0) is 17.1. The number of aromatic amines is 1. The van der Waals surface area contributed by atoms with Crippen LogP contribution in [-0.2, 0) is 17.6 Å². The molecule has 0 aliphatic carbocycles. The van der Waals surface area contributed by atoms with Gasteiger partial charge in [-0.25, -0.2) is 9.49 Å². The van der Waals surface area contributed by atoms with Crippen molar-refractivity contribution in [2.75, 3.05) is 0 Å². The molecule has 24 heavy (non-hydrogen) atoms. The molecule has 3 aromatic rings. The predicted molar refractivity (Wildman–Crippen MR) is 82.3 cm³/mol. The lowest BCUT2D eigenvalue weighted by Crippen LogP contribution is -2.17. The molecule has 2 aromatic heterocycles. The average Bonchev–Trinajstić information content (AvgIpc) is 3.18. The first kappa shape index (κ1) is 16.1. The monoisotopic (exact) mass is 347 g/mol. The third-order valence-corrected chi connectivity index (χ3v) is 3.43. The number of furan rings is 1. The van der Waals surface area contributed by atoms with Crippen molar-refractivity contribution in [3.63, 3.8) is 0 Å². The van der Waals surface area contributed by atoms with E-state index < -0.39 is 11.6 Å². The van der Waals surface area contributed by atoms with Crippen molar-refractivity contribution < 1.29 is 18.4 Å². The van der Waals surface area contributed by atoms with Crippen LogP contribution in [0.1, 0.15) is 27.7 Å². The molecule has 1 aromatic carbocycles. The van der Waals surface area contributed by atoms with Crippen LogP contribution in [0.2, 0.25) is 5.28 Å². The summed E-state index contributed by atoms with van der Waals surface area (Å²) in [5, 5.41) is 5.77. The first-order valence-electron chi connectivity index (χ1n) is 6.99. The number of hydrogen-bond acceptors (Lipinski definition) is 5. The van der Waals surface area contributed by atoms with Gasteiger partial charge in [0.2, 0.25) is 16.9 Å². The Kier molecular flexibility index (Phi) is 4.52. The van der Waals surface area contributed by atoms with Gasteiger partial charge in [-0.15, -0.1) is 5.10 Å². The van der Waals surface area contributed by atoms with Crippen molar-refractivity contribution >= 4 is 23.2 Å². The maximum Gasteiger partial charge on any atom is 0.268 e. The number of benzene rings is 1. The van der Waals surface area contributed by atoms with Gasteiger partial charge in [-0.3, -0.25) is 9.59 Å². The van der Waals surface area contributed by atoms with Crippen molar-refractivity contribution in [1.82, 2.24) is 15.2 Å². The minimum Gasteiger partial charge on any atom is -0.465 e. The van der Waals surface area contributed by atoms with Crippen LogP contribution < -0.4 is 0 Å². The van der Waals surface area contributed by atoms with Crippen LogP contribution in [0, 0.1) is 5.82 Å². The van der Waals surface area contributed by atoms with Crippen molar-refractivity contribution in [2.45, 2.75) is 12.8 Å². The molecule has 1 N–H and O–H groups in total. The first-order valence-corrected chi connectivity index (χ1v) is 7.36. The average molecular weight is 348 g/mol. The minimum absolute atomic E-state index is 0.0641. The van der Waals surface area contributed by atoms with Crippen LogP contribution in [0.25, 0.3) is 0 Å². The summed E-state index contributed by atoms with van der Waals surface area (Å²) in [6, 6.07) is 9.36. The third-order valence-electron chi connectivity index (χ3n) is 3.26. The Hall–Kier alpha value is -2.80. The lowest BCUT2D eigenvalue weighted by Gasteiger charge is -1.98. The molecule has 0 unspecified atom stereocenters. The zero-order valence-corrected chi connectivity index (χ0v) is 13.0. The van der Waals surface area contributed by atoms with Crippen molar-refractivity contribution in [1.29, 1.82) is 0 Å². The van der Waals surface area contributed by atoms with E-state index in [1.54, 1.807) is 24.3 Å². The van der Waals surface area contributed by atoms with Gasteiger partial charge in [0.15, 0.2) is 0 Å². The molecular weight excluding hydrogens is 337 g/mol. The smallest absolute Gasteiger partial charge is 0.268 e. The molecule has 2 heterocycles. The largest absolute Gasteiger partial charge is 0.465 e. The Morgan fingerprint density at radius 1 is 1.12 bits per heavy atom. The number of rotatable bonds is 6. The first-order chi connectivity index (χ1) is 11.5. The van der Waals surface area contributed by atoms with Crippen molar-refractivity contribution in [3.05, 3.63) is 70.4 Å². The summed E-state index contributed by atoms with van der Waals surface area (Å²) < 4.78 is 18.4. The van der Waals surface area contributed by atoms with E-state index in [0.29, 0.717) is 17.9 Å². The van der Waals surface area contributed by atoms with Crippen LogP contribution in [0.4, 0.5) is 4.39 Å². The number of aromatic nitrogens is 3. The fraction of sp³-hybridized carbons (Fsp3) is 0.125. The molecule has 0 saturated heterocycles. The Balaban J connectivity index is 1.64. The number of nitrogens with zero attached hydrogens (tertiary/aromatic N) is 2. The highest BCUT2D eigenvalue weighted by molar-refractivity contribution is 6.43. The van der Waals surface area contributed by atoms with Gasteiger partial charge in [0.1, 0.15) is 17.3 Å². The molecule has 0 bridgehead atoms. The quantitative estimate of drug-likeness (QED) is 0.547. The SMILES string of the molecule is O=C(Cc1ccc(Cc2ccc(F)cc2)o1)C(=O)c1n[nH]c(Cl)n1. The van der Waals surface area contributed by atoms with Gasteiger partial charge in [-0.1, -0.05) is 12.1 Å². The summed E-state index contributed by atoms with van der Waals surface area (Å²) in [5.41, 5.74) is 0.870. The number of carbonyl (C=O) groups is 2. The number of ketones is 2. The van der Waals surface area contributed by atoms with Gasteiger partial charge in [0.25, 0.3) is 5.78 Å². The van der Waals surface area contributed by atoms with Crippen LogP contribution in [-0.4, -0.2) is 26.7 Å². The van der Waals surface area contributed by atoms with E-state index in [2.05, 4.69) is 15.2 Å². The predicted octanol–water partition coefficient (Wildman–Crippen LogP) is 2.78. The van der Waals surface area contributed by atoms with Crippen molar-refractivity contribution in [3.8, 4) is 0 Å². The minimum atomic E-state index is -0.838. The Labute approximate surface area is 140 Å². The van der Waals surface area contributed by atoms with Crippen LogP contribution in [0.5, 0.6) is 0 Å². The maximum absolute atomic E-state index is 12.9.